The van der Waals surface area contributed by atoms with Gasteiger partial charge in [0.15, 0.2) is 0 Å². The molecule has 1 aromatic carbocycles. The maximum atomic E-state index is 12.0. The molecule has 1 aromatic rings. The van der Waals surface area contributed by atoms with Crippen LogP contribution in [-0.4, -0.2) is 35.2 Å². The monoisotopic (exact) mass is 295 g/mol. The van der Waals surface area contributed by atoms with E-state index in [0.29, 0.717) is 18.7 Å². The SMILES string of the molecule is CC[C@@H](CC(=O)NC[C@](C)(O)CSC)c1ccccc1. The lowest BCUT2D eigenvalue weighted by Gasteiger charge is -2.23. The summed E-state index contributed by atoms with van der Waals surface area (Å²) in [6.45, 7) is 4.14. The molecule has 0 aliphatic carbocycles. The van der Waals surface area contributed by atoms with Gasteiger partial charge < -0.3 is 10.4 Å². The lowest BCUT2D eigenvalue weighted by molar-refractivity contribution is -0.122. The summed E-state index contributed by atoms with van der Waals surface area (Å²) in [5.74, 6) is 0.854. The van der Waals surface area contributed by atoms with Gasteiger partial charge in [-0.3, -0.25) is 4.79 Å². The van der Waals surface area contributed by atoms with Crippen LogP contribution in [0.2, 0.25) is 0 Å². The van der Waals surface area contributed by atoms with Gasteiger partial charge in [0.05, 0.1) is 5.60 Å². The van der Waals surface area contributed by atoms with Crippen molar-refractivity contribution >= 4 is 17.7 Å². The number of aliphatic hydroxyl groups is 1. The Labute approximate surface area is 126 Å². The maximum Gasteiger partial charge on any atom is 0.220 e. The summed E-state index contributed by atoms with van der Waals surface area (Å²) in [7, 11) is 0. The summed E-state index contributed by atoms with van der Waals surface area (Å²) in [5.41, 5.74) is 0.352. The molecule has 0 aromatic heterocycles. The number of benzene rings is 1. The Morgan fingerprint density at radius 1 is 1.40 bits per heavy atom. The number of carbonyl (C=O) groups is 1. The van der Waals surface area contributed by atoms with Crippen LogP contribution in [0.1, 0.15) is 38.2 Å². The molecule has 3 nitrogen and oxygen atoms in total. The molecule has 0 aliphatic heterocycles. The van der Waals surface area contributed by atoms with E-state index in [1.807, 2.05) is 24.5 Å². The first-order chi connectivity index (χ1) is 9.48. The van der Waals surface area contributed by atoms with Gasteiger partial charge in [-0.1, -0.05) is 37.3 Å². The van der Waals surface area contributed by atoms with Gasteiger partial charge >= 0.3 is 0 Å². The summed E-state index contributed by atoms with van der Waals surface area (Å²) < 4.78 is 0. The molecule has 0 fully saturated rings. The van der Waals surface area contributed by atoms with Gasteiger partial charge in [-0.2, -0.15) is 11.8 Å². The van der Waals surface area contributed by atoms with Crippen molar-refractivity contribution < 1.29 is 9.90 Å². The minimum atomic E-state index is -0.844. The predicted octanol–water partition coefficient (Wildman–Crippen LogP) is 2.80. The third-order valence-electron chi connectivity index (χ3n) is 3.32. The molecule has 1 amide bonds. The zero-order valence-electron chi connectivity index (χ0n) is 12.6. The zero-order chi connectivity index (χ0) is 15.0. The average Bonchev–Trinajstić information content (AvgIpc) is 2.43. The second-order valence-corrected chi connectivity index (χ2v) is 6.29. The van der Waals surface area contributed by atoms with Crippen LogP contribution in [0, 0.1) is 0 Å². The Morgan fingerprint density at radius 3 is 2.60 bits per heavy atom. The molecule has 4 heteroatoms. The van der Waals surface area contributed by atoms with Gasteiger partial charge in [-0.05, 0) is 31.1 Å². The molecule has 2 atom stereocenters. The highest BCUT2D eigenvalue weighted by Gasteiger charge is 2.21. The van der Waals surface area contributed by atoms with E-state index in [0.717, 1.165) is 6.42 Å². The van der Waals surface area contributed by atoms with E-state index in [1.54, 1.807) is 18.7 Å². The highest BCUT2D eigenvalue weighted by atomic mass is 32.2. The van der Waals surface area contributed by atoms with E-state index in [4.69, 9.17) is 0 Å². The number of nitrogens with one attached hydrogen (secondary N) is 1. The molecule has 0 heterocycles. The summed E-state index contributed by atoms with van der Waals surface area (Å²) in [6, 6.07) is 10.1. The lowest BCUT2D eigenvalue weighted by atomic mass is 9.93. The second-order valence-electron chi connectivity index (χ2n) is 5.43. The van der Waals surface area contributed by atoms with Gasteiger partial charge in [0.25, 0.3) is 0 Å². The van der Waals surface area contributed by atoms with Crippen molar-refractivity contribution in [2.75, 3.05) is 18.6 Å². The van der Waals surface area contributed by atoms with E-state index in [9.17, 15) is 9.90 Å². The first-order valence-electron chi connectivity index (χ1n) is 7.01. The fraction of sp³-hybridized carbons (Fsp3) is 0.562. The number of carbonyl (C=O) groups excluding carboxylic acids is 1. The quantitative estimate of drug-likeness (QED) is 0.775. The Balaban J connectivity index is 2.48. The standard InChI is InChI=1S/C16H25NO2S/c1-4-13(14-8-6-5-7-9-14)10-15(18)17-11-16(2,19)12-20-3/h5-9,13,19H,4,10-12H2,1-3H3,(H,17,18)/t13-,16-/m0/s1. The third kappa shape index (κ3) is 5.97. The topological polar surface area (TPSA) is 49.3 Å². The Kier molecular flexibility index (Phi) is 7.10. The van der Waals surface area contributed by atoms with Gasteiger partial charge in [0, 0.05) is 18.7 Å². The molecule has 0 saturated heterocycles. The second kappa shape index (κ2) is 8.32. The summed E-state index contributed by atoms with van der Waals surface area (Å²) >= 11 is 1.57. The van der Waals surface area contributed by atoms with Crippen molar-refractivity contribution in [2.45, 2.75) is 38.2 Å². The van der Waals surface area contributed by atoms with E-state index < -0.39 is 5.60 Å². The van der Waals surface area contributed by atoms with Crippen LogP contribution in [0.5, 0.6) is 0 Å². The summed E-state index contributed by atoms with van der Waals surface area (Å²) in [5, 5.41) is 12.9. The molecular formula is C16H25NO2S. The van der Waals surface area contributed by atoms with Crippen LogP contribution < -0.4 is 5.32 Å². The first kappa shape index (κ1) is 17.1. The molecule has 0 unspecified atom stereocenters. The molecule has 1 rings (SSSR count). The van der Waals surface area contributed by atoms with E-state index in [-0.39, 0.29) is 11.8 Å². The Bertz CT molecular complexity index is 406. The molecule has 2 N–H and O–H groups in total. The molecule has 0 spiro atoms. The van der Waals surface area contributed by atoms with Gasteiger partial charge in [-0.25, -0.2) is 0 Å². The zero-order valence-corrected chi connectivity index (χ0v) is 13.4. The van der Waals surface area contributed by atoms with Crippen LogP contribution in [0.3, 0.4) is 0 Å². The first-order valence-corrected chi connectivity index (χ1v) is 8.41. The smallest absolute Gasteiger partial charge is 0.220 e. The van der Waals surface area contributed by atoms with Crippen LogP contribution in [0.15, 0.2) is 30.3 Å². The normalized spacial score (nSPS) is 15.4. The van der Waals surface area contributed by atoms with Crippen LogP contribution in [0.25, 0.3) is 0 Å². The fourth-order valence-electron chi connectivity index (χ4n) is 2.17. The van der Waals surface area contributed by atoms with Gasteiger partial charge in [0.2, 0.25) is 5.91 Å². The predicted molar refractivity (Wildman–Crippen MR) is 86.1 cm³/mol. The molecule has 0 saturated carbocycles. The van der Waals surface area contributed by atoms with Crippen LogP contribution in [-0.2, 0) is 4.79 Å². The Hall–Kier alpha value is -1.00. The molecule has 0 bridgehead atoms. The number of hydrogen-bond donors (Lipinski definition) is 2. The largest absolute Gasteiger partial charge is 0.387 e. The molecule has 0 radical (unpaired) electrons. The van der Waals surface area contributed by atoms with E-state index in [2.05, 4.69) is 24.4 Å². The van der Waals surface area contributed by atoms with Crippen molar-refractivity contribution in [2.24, 2.45) is 0 Å². The fourth-order valence-corrected chi connectivity index (χ4v) is 2.89. The third-order valence-corrected chi connectivity index (χ3v) is 4.23. The Morgan fingerprint density at radius 2 is 2.05 bits per heavy atom. The molecule has 0 aliphatic rings. The molecule has 20 heavy (non-hydrogen) atoms. The highest BCUT2D eigenvalue weighted by Crippen LogP contribution is 2.22. The minimum absolute atomic E-state index is 0.00193. The summed E-state index contributed by atoms with van der Waals surface area (Å²) in [6.07, 6.45) is 3.34. The number of amides is 1. The number of rotatable bonds is 8. The van der Waals surface area contributed by atoms with Crippen molar-refractivity contribution in [3.63, 3.8) is 0 Å². The van der Waals surface area contributed by atoms with E-state index >= 15 is 0 Å². The van der Waals surface area contributed by atoms with Crippen LogP contribution >= 0.6 is 11.8 Å². The maximum absolute atomic E-state index is 12.0. The lowest BCUT2D eigenvalue weighted by Crippen LogP contribution is -2.42. The molecule has 112 valence electrons. The van der Waals surface area contributed by atoms with Crippen molar-refractivity contribution in [3.05, 3.63) is 35.9 Å². The highest BCUT2D eigenvalue weighted by molar-refractivity contribution is 7.98. The van der Waals surface area contributed by atoms with Gasteiger partial charge in [0.1, 0.15) is 0 Å². The summed E-state index contributed by atoms with van der Waals surface area (Å²) in [4.78, 5) is 12.0. The number of hydrogen-bond acceptors (Lipinski definition) is 3. The van der Waals surface area contributed by atoms with E-state index in [1.165, 1.54) is 5.56 Å². The number of thioether (sulfide) groups is 1. The van der Waals surface area contributed by atoms with Crippen molar-refractivity contribution in [1.29, 1.82) is 0 Å². The average molecular weight is 295 g/mol. The molecular weight excluding hydrogens is 270 g/mol. The van der Waals surface area contributed by atoms with Crippen LogP contribution in [0.4, 0.5) is 0 Å². The van der Waals surface area contributed by atoms with Crippen molar-refractivity contribution in [3.8, 4) is 0 Å². The van der Waals surface area contributed by atoms with Gasteiger partial charge in [-0.15, -0.1) is 0 Å². The van der Waals surface area contributed by atoms with Crippen molar-refractivity contribution in [1.82, 2.24) is 5.32 Å². The minimum Gasteiger partial charge on any atom is -0.387 e.